The molecule has 0 spiro atoms. The molecule has 1 heterocycles. The number of aryl methyl sites for hydroxylation is 1. The van der Waals surface area contributed by atoms with Crippen LogP contribution >= 0.6 is 0 Å². The molecular formula is C10H13N3. The Bertz CT molecular complexity index is 355. The summed E-state index contributed by atoms with van der Waals surface area (Å²) >= 11 is 0. The average molecular weight is 175 g/mol. The molecule has 0 aliphatic heterocycles. The number of nitrogens with zero attached hydrogens (tertiary/aromatic N) is 3. The van der Waals surface area contributed by atoms with Crippen molar-refractivity contribution in [2.75, 3.05) is 0 Å². The predicted octanol–water partition coefficient (Wildman–Crippen LogP) is 2.63. The van der Waals surface area contributed by atoms with Crippen molar-refractivity contribution < 1.29 is 0 Å². The largest absolute Gasteiger partial charge is 0.361 e. The summed E-state index contributed by atoms with van der Waals surface area (Å²) in [4.78, 5) is 11.8. The van der Waals surface area contributed by atoms with Crippen molar-refractivity contribution in [1.29, 1.82) is 0 Å². The molecule has 0 bridgehead atoms. The molecule has 3 nitrogen and oxygen atoms in total. The van der Waals surface area contributed by atoms with Crippen LogP contribution in [-0.2, 0) is 5.41 Å². The highest BCUT2D eigenvalue weighted by atomic mass is 15.0. The lowest BCUT2D eigenvalue weighted by Gasteiger charge is -2.13. The highest BCUT2D eigenvalue weighted by Gasteiger charge is 2.21. The quantitative estimate of drug-likeness (QED) is 0.567. The second-order valence-corrected chi connectivity index (χ2v) is 4.05. The average Bonchev–Trinajstić information content (AvgIpc) is 2.01. The smallest absolute Gasteiger partial charge is 0.273 e. The van der Waals surface area contributed by atoms with Crippen LogP contribution in [0, 0.1) is 13.5 Å². The van der Waals surface area contributed by atoms with Gasteiger partial charge < -0.3 is 4.85 Å². The van der Waals surface area contributed by atoms with Crippen molar-refractivity contribution in [1.82, 2.24) is 9.97 Å². The van der Waals surface area contributed by atoms with Crippen LogP contribution in [0.4, 0.5) is 5.82 Å². The van der Waals surface area contributed by atoms with E-state index in [0.717, 1.165) is 11.5 Å². The van der Waals surface area contributed by atoms with Gasteiger partial charge in [-0.25, -0.2) is 4.98 Å². The zero-order valence-electron chi connectivity index (χ0n) is 8.42. The van der Waals surface area contributed by atoms with Crippen LogP contribution in [0.5, 0.6) is 0 Å². The fourth-order valence-corrected chi connectivity index (χ4v) is 0.945. The summed E-state index contributed by atoms with van der Waals surface area (Å²) in [6.45, 7) is 14.9. The highest BCUT2D eigenvalue weighted by molar-refractivity contribution is 5.37. The molecule has 1 rings (SSSR count). The first-order valence-electron chi connectivity index (χ1n) is 4.17. The molecule has 68 valence electrons. The Balaban J connectivity index is 3.26. The molecule has 0 atom stereocenters. The van der Waals surface area contributed by atoms with Gasteiger partial charge in [0.2, 0.25) is 5.82 Å². The Labute approximate surface area is 78.7 Å². The zero-order valence-corrected chi connectivity index (χ0v) is 8.42. The molecule has 1 aromatic rings. The summed E-state index contributed by atoms with van der Waals surface area (Å²) in [5.41, 5.74) is 0.761. The first-order chi connectivity index (χ1) is 5.93. The predicted molar refractivity (Wildman–Crippen MR) is 51.7 cm³/mol. The van der Waals surface area contributed by atoms with Gasteiger partial charge in [-0.1, -0.05) is 27.3 Å². The van der Waals surface area contributed by atoms with Gasteiger partial charge >= 0.3 is 0 Å². The third kappa shape index (κ3) is 2.25. The van der Waals surface area contributed by atoms with Gasteiger partial charge in [-0.3, -0.25) is 0 Å². The van der Waals surface area contributed by atoms with E-state index >= 15 is 0 Å². The van der Waals surface area contributed by atoms with E-state index in [1.54, 1.807) is 6.07 Å². The highest BCUT2D eigenvalue weighted by Crippen LogP contribution is 2.21. The normalized spacial score (nSPS) is 11.0. The maximum absolute atomic E-state index is 6.88. The van der Waals surface area contributed by atoms with Crippen LogP contribution in [0.25, 0.3) is 4.85 Å². The summed E-state index contributed by atoms with van der Waals surface area (Å²) in [6.07, 6.45) is 0. The Morgan fingerprint density at radius 3 is 2.38 bits per heavy atom. The van der Waals surface area contributed by atoms with Crippen molar-refractivity contribution in [2.45, 2.75) is 33.1 Å². The van der Waals surface area contributed by atoms with E-state index in [1.807, 2.05) is 27.7 Å². The molecule has 0 aliphatic carbocycles. The van der Waals surface area contributed by atoms with Crippen LogP contribution in [0.15, 0.2) is 6.07 Å². The Hall–Kier alpha value is -1.43. The van der Waals surface area contributed by atoms with Gasteiger partial charge in [0.05, 0.1) is 0 Å². The Kier molecular flexibility index (Phi) is 2.33. The summed E-state index contributed by atoms with van der Waals surface area (Å²) in [6, 6.07) is 1.70. The van der Waals surface area contributed by atoms with Gasteiger partial charge in [0.25, 0.3) is 5.82 Å². The summed E-state index contributed by atoms with van der Waals surface area (Å²) in [5, 5.41) is 0. The summed E-state index contributed by atoms with van der Waals surface area (Å²) in [7, 11) is 0. The van der Waals surface area contributed by atoms with E-state index in [2.05, 4.69) is 14.8 Å². The fourth-order valence-electron chi connectivity index (χ4n) is 0.945. The van der Waals surface area contributed by atoms with Crippen molar-refractivity contribution in [2.24, 2.45) is 0 Å². The van der Waals surface area contributed by atoms with Crippen molar-refractivity contribution in [3.8, 4) is 0 Å². The van der Waals surface area contributed by atoms with Gasteiger partial charge in [0.1, 0.15) is 0 Å². The maximum Gasteiger partial charge on any atom is 0.273 e. The first kappa shape index (κ1) is 9.66. The molecule has 0 saturated carbocycles. The van der Waals surface area contributed by atoms with Crippen molar-refractivity contribution in [3.05, 3.63) is 29.0 Å². The SMILES string of the molecule is [C-]#[N+]c1cc(C)nc(C(C)(C)C)n1. The van der Waals surface area contributed by atoms with E-state index in [4.69, 9.17) is 6.57 Å². The third-order valence-electron chi connectivity index (χ3n) is 1.63. The molecule has 13 heavy (non-hydrogen) atoms. The van der Waals surface area contributed by atoms with Gasteiger partial charge in [-0.05, 0) is 13.0 Å². The van der Waals surface area contributed by atoms with Crippen LogP contribution in [-0.4, -0.2) is 9.97 Å². The Morgan fingerprint density at radius 1 is 1.31 bits per heavy atom. The summed E-state index contributed by atoms with van der Waals surface area (Å²) < 4.78 is 0. The molecule has 0 amide bonds. The molecule has 0 N–H and O–H groups in total. The van der Waals surface area contributed by atoms with Crippen LogP contribution in [0.2, 0.25) is 0 Å². The van der Waals surface area contributed by atoms with Crippen LogP contribution in [0.1, 0.15) is 32.3 Å². The van der Waals surface area contributed by atoms with E-state index in [9.17, 15) is 0 Å². The first-order valence-corrected chi connectivity index (χ1v) is 4.17. The molecule has 0 aliphatic rings. The van der Waals surface area contributed by atoms with Gasteiger partial charge in [0.15, 0.2) is 0 Å². The number of hydrogen-bond donors (Lipinski definition) is 0. The van der Waals surface area contributed by atoms with E-state index < -0.39 is 0 Å². The lowest BCUT2D eigenvalue weighted by Crippen LogP contribution is -2.16. The van der Waals surface area contributed by atoms with E-state index in [0.29, 0.717) is 5.82 Å². The molecule has 0 radical (unpaired) electrons. The van der Waals surface area contributed by atoms with Crippen molar-refractivity contribution >= 4 is 5.82 Å². The minimum absolute atomic E-state index is 0.0918. The van der Waals surface area contributed by atoms with Crippen LogP contribution < -0.4 is 0 Å². The fraction of sp³-hybridized carbons (Fsp3) is 0.500. The monoisotopic (exact) mass is 175 g/mol. The van der Waals surface area contributed by atoms with E-state index in [1.165, 1.54) is 0 Å². The number of aromatic nitrogens is 2. The molecule has 0 fully saturated rings. The standard InChI is InChI=1S/C10H13N3/c1-7-6-8(11-5)13-9(12-7)10(2,3)4/h6H,1-4H3. The molecular weight excluding hydrogens is 162 g/mol. The Morgan fingerprint density at radius 2 is 1.92 bits per heavy atom. The summed E-state index contributed by atoms with van der Waals surface area (Å²) in [5.74, 6) is 1.16. The lowest BCUT2D eigenvalue weighted by atomic mass is 9.95. The third-order valence-corrected chi connectivity index (χ3v) is 1.63. The maximum atomic E-state index is 6.88. The second kappa shape index (κ2) is 3.14. The minimum atomic E-state index is -0.0918. The number of rotatable bonds is 0. The number of hydrogen-bond acceptors (Lipinski definition) is 2. The molecule has 1 aromatic heterocycles. The molecule has 0 saturated heterocycles. The molecule has 0 unspecified atom stereocenters. The van der Waals surface area contributed by atoms with Gasteiger partial charge in [0, 0.05) is 11.1 Å². The van der Waals surface area contributed by atoms with E-state index in [-0.39, 0.29) is 5.41 Å². The molecule has 3 heteroatoms. The van der Waals surface area contributed by atoms with Gasteiger partial charge in [-0.2, -0.15) is 0 Å². The minimum Gasteiger partial charge on any atom is -0.361 e. The van der Waals surface area contributed by atoms with Gasteiger partial charge in [-0.15, -0.1) is 4.98 Å². The van der Waals surface area contributed by atoms with Crippen molar-refractivity contribution in [3.63, 3.8) is 0 Å². The second-order valence-electron chi connectivity index (χ2n) is 4.05. The van der Waals surface area contributed by atoms with Crippen LogP contribution in [0.3, 0.4) is 0 Å². The molecule has 0 aromatic carbocycles. The lowest BCUT2D eigenvalue weighted by molar-refractivity contribution is 0.544. The zero-order chi connectivity index (χ0) is 10.1. The topological polar surface area (TPSA) is 30.1 Å².